The highest BCUT2D eigenvalue weighted by atomic mass is 32.1. The molecule has 1 amide bonds. The SMILES string of the molecule is O=C(C1CCCN(c2nc3cnccc3s2)C1)N1CCc2sccc2C1. The normalized spacial score (nSPS) is 20.4. The minimum atomic E-state index is 0.0778. The van der Waals surface area contributed by atoms with Crippen molar-refractivity contribution in [3.63, 3.8) is 0 Å². The maximum absolute atomic E-state index is 13.1. The quantitative estimate of drug-likeness (QED) is 0.678. The minimum absolute atomic E-state index is 0.0778. The maximum Gasteiger partial charge on any atom is 0.227 e. The van der Waals surface area contributed by atoms with Gasteiger partial charge in [0.15, 0.2) is 5.13 Å². The van der Waals surface area contributed by atoms with E-state index in [1.54, 1.807) is 11.3 Å². The van der Waals surface area contributed by atoms with E-state index < -0.39 is 0 Å². The van der Waals surface area contributed by atoms with E-state index >= 15 is 0 Å². The van der Waals surface area contributed by atoms with E-state index in [9.17, 15) is 4.79 Å². The van der Waals surface area contributed by atoms with E-state index in [-0.39, 0.29) is 5.92 Å². The van der Waals surface area contributed by atoms with Gasteiger partial charge in [0.05, 0.1) is 16.8 Å². The van der Waals surface area contributed by atoms with Gasteiger partial charge in [0, 0.05) is 37.3 Å². The van der Waals surface area contributed by atoms with Gasteiger partial charge in [-0.15, -0.1) is 11.3 Å². The molecule has 1 atom stereocenters. The molecule has 5 heterocycles. The molecule has 7 heteroatoms. The van der Waals surface area contributed by atoms with Gasteiger partial charge < -0.3 is 9.80 Å². The van der Waals surface area contributed by atoms with E-state index in [2.05, 4.69) is 26.2 Å². The minimum Gasteiger partial charge on any atom is -0.347 e. The molecule has 1 unspecified atom stereocenters. The van der Waals surface area contributed by atoms with Crippen LogP contribution in [0, 0.1) is 5.92 Å². The van der Waals surface area contributed by atoms with Gasteiger partial charge in [-0.1, -0.05) is 11.3 Å². The molecule has 0 saturated carbocycles. The topological polar surface area (TPSA) is 49.3 Å². The lowest BCUT2D eigenvalue weighted by Crippen LogP contribution is -2.46. The Bertz CT molecular complexity index is 917. The molecule has 0 N–H and O–H groups in total. The second-order valence-corrected chi connectivity index (χ2v) is 9.01. The van der Waals surface area contributed by atoms with Crippen molar-refractivity contribution in [2.45, 2.75) is 25.8 Å². The molecule has 1 saturated heterocycles. The summed E-state index contributed by atoms with van der Waals surface area (Å²) in [6, 6.07) is 4.18. The Morgan fingerprint density at radius 1 is 1.27 bits per heavy atom. The zero-order chi connectivity index (χ0) is 17.5. The van der Waals surface area contributed by atoms with Gasteiger partial charge in [0.2, 0.25) is 5.91 Å². The third-order valence-electron chi connectivity index (χ3n) is 5.34. The summed E-state index contributed by atoms with van der Waals surface area (Å²) in [4.78, 5) is 27.8. The van der Waals surface area contributed by atoms with Crippen molar-refractivity contribution in [3.8, 4) is 0 Å². The molecule has 0 aromatic carbocycles. The average Bonchev–Trinajstić information content (AvgIpc) is 3.33. The Hall–Kier alpha value is -1.99. The number of hydrogen-bond donors (Lipinski definition) is 0. The Balaban J connectivity index is 1.32. The summed E-state index contributed by atoms with van der Waals surface area (Å²) in [6.07, 6.45) is 6.65. The van der Waals surface area contributed by atoms with Gasteiger partial charge in [0.1, 0.15) is 5.52 Å². The molecule has 0 aliphatic carbocycles. The van der Waals surface area contributed by atoms with Crippen molar-refractivity contribution < 1.29 is 4.79 Å². The number of piperidine rings is 1. The number of nitrogens with zero attached hydrogens (tertiary/aromatic N) is 4. The lowest BCUT2D eigenvalue weighted by atomic mass is 9.95. The standard InChI is InChI=1S/C19H20N4OS2/c24-18(22-8-4-16-13(11-22)5-9-25-16)14-2-1-7-23(12-14)19-21-15-10-20-6-3-17(15)26-19/h3,5-6,9-10,14H,1-2,4,7-8,11-12H2. The summed E-state index contributed by atoms with van der Waals surface area (Å²) >= 11 is 3.51. The van der Waals surface area contributed by atoms with Crippen LogP contribution >= 0.6 is 22.7 Å². The van der Waals surface area contributed by atoms with Gasteiger partial charge in [0.25, 0.3) is 0 Å². The number of thiazole rings is 1. The predicted octanol–water partition coefficient (Wildman–Crippen LogP) is 3.55. The van der Waals surface area contributed by atoms with Crippen LogP contribution in [0.25, 0.3) is 10.2 Å². The number of amides is 1. The van der Waals surface area contributed by atoms with Crippen molar-refractivity contribution in [2.24, 2.45) is 5.92 Å². The fraction of sp³-hybridized carbons (Fsp3) is 0.421. The van der Waals surface area contributed by atoms with Crippen LogP contribution in [0.4, 0.5) is 5.13 Å². The van der Waals surface area contributed by atoms with Crippen molar-refractivity contribution >= 4 is 43.9 Å². The fourth-order valence-electron chi connectivity index (χ4n) is 3.95. The first kappa shape index (κ1) is 16.2. The van der Waals surface area contributed by atoms with Crippen molar-refractivity contribution in [3.05, 3.63) is 40.3 Å². The first-order chi connectivity index (χ1) is 12.8. The molecular weight excluding hydrogens is 364 g/mol. The Kier molecular flexibility index (Phi) is 4.13. The summed E-state index contributed by atoms with van der Waals surface area (Å²) in [6.45, 7) is 3.39. The van der Waals surface area contributed by atoms with Gasteiger partial charge >= 0.3 is 0 Å². The number of anilines is 1. The van der Waals surface area contributed by atoms with Crippen LogP contribution < -0.4 is 4.90 Å². The number of pyridine rings is 1. The lowest BCUT2D eigenvalue weighted by Gasteiger charge is -2.36. The van der Waals surface area contributed by atoms with Crippen molar-refractivity contribution in [1.29, 1.82) is 0 Å². The molecule has 3 aromatic heterocycles. The molecule has 0 spiro atoms. The van der Waals surface area contributed by atoms with Crippen molar-refractivity contribution in [2.75, 3.05) is 24.5 Å². The Morgan fingerprint density at radius 3 is 3.15 bits per heavy atom. The van der Waals surface area contributed by atoms with Crippen LogP contribution in [0.5, 0.6) is 0 Å². The van der Waals surface area contributed by atoms with Crippen molar-refractivity contribution in [1.82, 2.24) is 14.9 Å². The molecule has 134 valence electrons. The third kappa shape index (κ3) is 2.89. The van der Waals surface area contributed by atoms with Crippen LogP contribution in [0.1, 0.15) is 23.3 Å². The molecule has 3 aromatic rings. The number of carbonyl (C=O) groups excluding carboxylic acids is 1. The second kappa shape index (κ2) is 6.63. The molecule has 2 aliphatic heterocycles. The summed E-state index contributed by atoms with van der Waals surface area (Å²) in [7, 11) is 0. The van der Waals surface area contributed by atoms with Gasteiger partial charge in [-0.25, -0.2) is 4.98 Å². The summed E-state index contributed by atoms with van der Waals surface area (Å²) in [5.41, 5.74) is 2.28. The first-order valence-corrected chi connectivity index (χ1v) is 10.8. The summed E-state index contributed by atoms with van der Waals surface area (Å²) in [5.74, 6) is 0.392. The highest BCUT2D eigenvalue weighted by molar-refractivity contribution is 7.22. The Labute approximate surface area is 160 Å². The van der Waals surface area contributed by atoms with E-state index in [0.29, 0.717) is 5.91 Å². The van der Waals surface area contributed by atoms with E-state index in [1.165, 1.54) is 10.4 Å². The largest absolute Gasteiger partial charge is 0.347 e. The van der Waals surface area contributed by atoms with Gasteiger partial charge in [-0.05, 0) is 42.3 Å². The number of fused-ring (bicyclic) bond motifs is 2. The zero-order valence-electron chi connectivity index (χ0n) is 14.4. The van der Waals surface area contributed by atoms with Crippen LogP contribution in [-0.4, -0.2) is 40.4 Å². The highest BCUT2D eigenvalue weighted by Crippen LogP contribution is 2.32. The average molecular weight is 385 g/mol. The van der Waals surface area contributed by atoms with Gasteiger partial charge in [-0.2, -0.15) is 0 Å². The lowest BCUT2D eigenvalue weighted by molar-refractivity contribution is -0.136. The smallest absolute Gasteiger partial charge is 0.227 e. The molecule has 0 bridgehead atoms. The molecule has 1 fully saturated rings. The van der Waals surface area contributed by atoms with E-state index in [1.807, 2.05) is 29.8 Å². The first-order valence-electron chi connectivity index (χ1n) is 9.07. The highest BCUT2D eigenvalue weighted by Gasteiger charge is 2.32. The number of rotatable bonds is 2. The number of carbonyl (C=O) groups is 1. The Morgan fingerprint density at radius 2 is 2.23 bits per heavy atom. The zero-order valence-corrected chi connectivity index (χ0v) is 16.1. The molecule has 2 aliphatic rings. The molecule has 26 heavy (non-hydrogen) atoms. The van der Waals surface area contributed by atoms with Crippen LogP contribution in [0.15, 0.2) is 29.9 Å². The predicted molar refractivity (Wildman–Crippen MR) is 106 cm³/mol. The van der Waals surface area contributed by atoms with Crippen LogP contribution in [0.3, 0.4) is 0 Å². The van der Waals surface area contributed by atoms with Crippen LogP contribution in [0.2, 0.25) is 0 Å². The van der Waals surface area contributed by atoms with E-state index in [0.717, 1.165) is 60.8 Å². The molecule has 5 nitrogen and oxygen atoms in total. The number of thiophene rings is 1. The summed E-state index contributed by atoms with van der Waals surface area (Å²) in [5, 5.41) is 3.16. The number of hydrogen-bond acceptors (Lipinski definition) is 6. The second-order valence-electron chi connectivity index (χ2n) is 7.00. The third-order valence-corrected chi connectivity index (χ3v) is 7.46. The number of aromatic nitrogens is 2. The molecule has 5 rings (SSSR count). The molecular formula is C19H20N4OS2. The monoisotopic (exact) mass is 384 g/mol. The van der Waals surface area contributed by atoms with Gasteiger partial charge in [-0.3, -0.25) is 9.78 Å². The van der Waals surface area contributed by atoms with Crippen LogP contribution in [-0.2, 0) is 17.8 Å². The fourth-order valence-corrected chi connectivity index (χ4v) is 5.81. The summed E-state index contributed by atoms with van der Waals surface area (Å²) < 4.78 is 1.16. The maximum atomic E-state index is 13.1. The molecule has 0 radical (unpaired) electrons. The van der Waals surface area contributed by atoms with E-state index in [4.69, 9.17) is 4.98 Å².